The number of anilines is 1. The number of rotatable bonds is 3. The molecule has 0 aliphatic rings. The lowest BCUT2D eigenvalue weighted by atomic mass is 10.2. The summed E-state index contributed by atoms with van der Waals surface area (Å²) in [5, 5.41) is 10.6. The van der Waals surface area contributed by atoms with Gasteiger partial charge in [-0.15, -0.1) is 0 Å². The van der Waals surface area contributed by atoms with Crippen LogP contribution in [0.5, 0.6) is 0 Å². The van der Waals surface area contributed by atoms with Gasteiger partial charge in [0.15, 0.2) is 5.89 Å². The van der Waals surface area contributed by atoms with Crippen molar-refractivity contribution in [1.82, 2.24) is 15.2 Å². The molecule has 19 heavy (non-hydrogen) atoms. The summed E-state index contributed by atoms with van der Waals surface area (Å²) in [6.45, 7) is 1.74. The molecule has 0 bridgehead atoms. The highest BCUT2D eigenvalue weighted by atomic mass is 16.3. The normalized spacial score (nSPS) is 10.8. The van der Waals surface area contributed by atoms with Crippen LogP contribution in [-0.4, -0.2) is 21.1 Å². The number of fused-ring (bicyclic) bond motifs is 1. The van der Waals surface area contributed by atoms with Gasteiger partial charge in [-0.2, -0.15) is 5.10 Å². The molecule has 0 saturated carbocycles. The van der Waals surface area contributed by atoms with Crippen molar-refractivity contribution in [2.24, 2.45) is 0 Å². The zero-order chi connectivity index (χ0) is 13.2. The van der Waals surface area contributed by atoms with E-state index in [1.54, 1.807) is 13.1 Å². The molecule has 1 amide bonds. The number of H-pyrrole nitrogens is 1. The van der Waals surface area contributed by atoms with E-state index in [-0.39, 0.29) is 12.3 Å². The van der Waals surface area contributed by atoms with Gasteiger partial charge in [0, 0.05) is 18.0 Å². The summed E-state index contributed by atoms with van der Waals surface area (Å²) in [5.74, 6) is 0.425. The minimum absolute atomic E-state index is 0.132. The van der Waals surface area contributed by atoms with Gasteiger partial charge in [-0.05, 0) is 18.2 Å². The predicted octanol–water partition coefficient (Wildman–Crippen LogP) is 2.04. The minimum Gasteiger partial charge on any atom is -0.449 e. The Morgan fingerprint density at radius 1 is 1.47 bits per heavy atom. The zero-order valence-corrected chi connectivity index (χ0v) is 10.3. The molecule has 0 spiro atoms. The van der Waals surface area contributed by atoms with Crippen LogP contribution in [-0.2, 0) is 11.2 Å². The van der Waals surface area contributed by atoms with Gasteiger partial charge in [0.05, 0.1) is 23.8 Å². The van der Waals surface area contributed by atoms with Crippen LogP contribution >= 0.6 is 0 Å². The van der Waals surface area contributed by atoms with E-state index < -0.39 is 0 Å². The van der Waals surface area contributed by atoms with Crippen molar-refractivity contribution < 1.29 is 9.21 Å². The molecule has 0 aliphatic heterocycles. The molecule has 2 N–H and O–H groups in total. The maximum absolute atomic E-state index is 11.8. The second kappa shape index (κ2) is 4.56. The summed E-state index contributed by atoms with van der Waals surface area (Å²) in [7, 11) is 0. The van der Waals surface area contributed by atoms with Crippen molar-refractivity contribution in [1.29, 1.82) is 0 Å². The second-order valence-electron chi connectivity index (χ2n) is 4.25. The van der Waals surface area contributed by atoms with Crippen LogP contribution in [0.2, 0.25) is 0 Å². The van der Waals surface area contributed by atoms with E-state index in [1.165, 1.54) is 6.26 Å². The number of aryl methyl sites for hydroxylation is 1. The van der Waals surface area contributed by atoms with Crippen LogP contribution in [0.25, 0.3) is 10.9 Å². The van der Waals surface area contributed by atoms with Crippen LogP contribution in [0.3, 0.4) is 0 Å². The molecule has 0 saturated heterocycles. The van der Waals surface area contributed by atoms with E-state index in [0.717, 1.165) is 16.6 Å². The van der Waals surface area contributed by atoms with Gasteiger partial charge in [0.25, 0.3) is 0 Å². The maximum atomic E-state index is 11.8. The minimum atomic E-state index is -0.132. The van der Waals surface area contributed by atoms with Gasteiger partial charge in [0.1, 0.15) is 6.26 Å². The summed E-state index contributed by atoms with van der Waals surface area (Å²) in [6, 6.07) is 5.58. The van der Waals surface area contributed by atoms with Crippen molar-refractivity contribution in [2.75, 3.05) is 5.32 Å². The average Bonchev–Trinajstić information content (AvgIpc) is 2.97. The van der Waals surface area contributed by atoms with Crippen molar-refractivity contribution in [3.63, 3.8) is 0 Å². The molecule has 0 unspecified atom stereocenters. The highest BCUT2D eigenvalue weighted by molar-refractivity contribution is 5.94. The molecule has 2 aromatic heterocycles. The topological polar surface area (TPSA) is 83.8 Å². The first-order valence-electron chi connectivity index (χ1n) is 5.85. The fraction of sp³-hybridized carbons (Fsp3) is 0.154. The number of nitrogens with zero attached hydrogens (tertiary/aromatic N) is 2. The Labute approximate surface area is 108 Å². The molecular formula is C13H12N4O2. The van der Waals surface area contributed by atoms with Crippen LogP contribution in [0.4, 0.5) is 5.69 Å². The molecular weight excluding hydrogens is 244 g/mol. The Bertz CT molecular complexity index is 729. The number of aromatic amines is 1. The summed E-state index contributed by atoms with van der Waals surface area (Å²) >= 11 is 0. The van der Waals surface area contributed by atoms with E-state index in [0.29, 0.717) is 11.6 Å². The Balaban J connectivity index is 1.71. The van der Waals surface area contributed by atoms with Gasteiger partial charge >= 0.3 is 0 Å². The number of hydrogen-bond acceptors (Lipinski definition) is 4. The Kier molecular flexibility index (Phi) is 2.75. The van der Waals surface area contributed by atoms with Crippen LogP contribution < -0.4 is 5.32 Å². The molecule has 6 heteroatoms. The zero-order valence-electron chi connectivity index (χ0n) is 10.3. The summed E-state index contributed by atoms with van der Waals surface area (Å²) < 4.78 is 5.06. The summed E-state index contributed by atoms with van der Waals surface area (Å²) in [4.78, 5) is 15.9. The third kappa shape index (κ3) is 2.47. The van der Waals surface area contributed by atoms with E-state index >= 15 is 0 Å². The second-order valence-corrected chi connectivity index (χ2v) is 4.25. The van der Waals surface area contributed by atoms with Crippen molar-refractivity contribution in [3.05, 3.63) is 42.2 Å². The number of benzene rings is 1. The Hall–Kier alpha value is -2.63. The van der Waals surface area contributed by atoms with Crippen LogP contribution in [0.1, 0.15) is 11.6 Å². The smallest absolute Gasteiger partial charge is 0.230 e. The van der Waals surface area contributed by atoms with E-state index in [2.05, 4.69) is 20.5 Å². The standard InChI is InChI=1S/C13H12N4O2/c1-8-15-11(7-19-8)5-13(18)16-10-3-2-9-6-14-17-12(9)4-10/h2-4,6-7H,5H2,1H3,(H,14,17)(H,16,18). The molecule has 3 aromatic rings. The van der Waals surface area contributed by atoms with E-state index in [9.17, 15) is 4.79 Å². The SMILES string of the molecule is Cc1nc(CC(=O)Nc2ccc3cn[nH]c3c2)co1. The first-order chi connectivity index (χ1) is 9.20. The maximum Gasteiger partial charge on any atom is 0.230 e. The lowest BCUT2D eigenvalue weighted by Gasteiger charge is -2.03. The fourth-order valence-electron chi connectivity index (χ4n) is 1.87. The summed E-state index contributed by atoms with van der Waals surface area (Å²) in [6.07, 6.45) is 3.42. The molecule has 6 nitrogen and oxygen atoms in total. The van der Waals surface area contributed by atoms with Gasteiger partial charge < -0.3 is 9.73 Å². The van der Waals surface area contributed by atoms with Crippen LogP contribution in [0.15, 0.2) is 35.1 Å². The molecule has 0 atom stereocenters. The molecule has 2 heterocycles. The lowest BCUT2D eigenvalue weighted by molar-refractivity contribution is -0.115. The average molecular weight is 256 g/mol. The molecule has 1 aromatic carbocycles. The number of oxazole rings is 1. The van der Waals surface area contributed by atoms with E-state index in [1.807, 2.05) is 18.2 Å². The Morgan fingerprint density at radius 2 is 2.37 bits per heavy atom. The number of carbonyl (C=O) groups is 1. The number of hydrogen-bond donors (Lipinski definition) is 2. The number of nitrogens with one attached hydrogen (secondary N) is 2. The first-order valence-corrected chi connectivity index (χ1v) is 5.85. The highest BCUT2D eigenvalue weighted by Crippen LogP contribution is 2.16. The monoisotopic (exact) mass is 256 g/mol. The highest BCUT2D eigenvalue weighted by Gasteiger charge is 2.08. The predicted molar refractivity (Wildman–Crippen MR) is 69.7 cm³/mol. The number of carbonyl (C=O) groups excluding carboxylic acids is 1. The van der Waals surface area contributed by atoms with Crippen molar-refractivity contribution >= 4 is 22.5 Å². The Morgan fingerprint density at radius 3 is 3.16 bits per heavy atom. The molecule has 0 fully saturated rings. The quantitative estimate of drug-likeness (QED) is 0.751. The van der Waals surface area contributed by atoms with E-state index in [4.69, 9.17) is 4.42 Å². The van der Waals surface area contributed by atoms with Gasteiger partial charge in [0.2, 0.25) is 5.91 Å². The molecule has 3 rings (SSSR count). The van der Waals surface area contributed by atoms with Crippen LogP contribution in [0, 0.1) is 6.92 Å². The first kappa shape index (κ1) is 11.5. The third-order valence-corrected chi connectivity index (χ3v) is 2.73. The number of amides is 1. The molecule has 0 aliphatic carbocycles. The number of aromatic nitrogens is 3. The van der Waals surface area contributed by atoms with Crippen molar-refractivity contribution in [2.45, 2.75) is 13.3 Å². The van der Waals surface area contributed by atoms with Gasteiger partial charge in [-0.3, -0.25) is 9.89 Å². The summed E-state index contributed by atoms with van der Waals surface area (Å²) in [5.41, 5.74) is 2.23. The lowest BCUT2D eigenvalue weighted by Crippen LogP contribution is -2.14. The molecule has 96 valence electrons. The fourth-order valence-corrected chi connectivity index (χ4v) is 1.87. The third-order valence-electron chi connectivity index (χ3n) is 2.73. The largest absolute Gasteiger partial charge is 0.449 e. The van der Waals surface area contributed by atoms with Gasteiger partial charge in [-0.1, -0.05) is 0 Å². The molecule has 0 radical (unpaired) electrons. The van der Waals surface area contributed by atoms with Crippen molar-refractivity contribution in [3.8, 4) is 0 Å². The van der Waals surface area contributed by atoms with Gasteiger partial charge in [-0.25, -0.2) is 4.98 Å².